The Morgan fingerprint density at radius 2 is 2.14 bits per heavy atom. The van der Waals surface area contributed by atoms with E-state index in [1.807, 2.05) is 0 Å². The molecule has 0 saturated carbocycles. The maximum absolute atomic E-state index is 13.4. The molecule has 0 heterocycles. The molecule has 0 amide bonds. The maximum Gasteiger partial charge on any atom is 0.131 e. The van der Waals surface area contributed by atoms with Crippen LogP contribution in [-0.2, 0) is 4.74 Å². The lowest BCUT2D eigenvalue weighted by atomic mass is 10.1. The van der Waals surface area contributed by atoms with Gasteiger partial charge in [-0.2, -0.15) is 0 Å². The lowest BCUT2D eigenvalue weighted by molar-refractivity contribution is 0.178. The summed E-state index contributed by atoms with van der Waals surface area (Å²) in [5.74, 6) is 0.0865. The van der Waals surface area contributed by atoms with Crippen molar-refractivity contribution in [3.05, 3.63) is 29.6 Å². The molecule has 3 nitrogen and oxygen atoms in total. The first kappa shape index (κ1) is 10.9. The van der Waals surface area contributed by atoms with Crippen LogP contribution in [0, 0.1) is 5.82 Å². The molecule has 0 aromatic heterocycles. The van der Waals surface area contributed by atoms with Crippen LogP contribution in [0.5, 0.6) is 5.75 Å². The average molecular weight is 199 g/mol. The van der Waals surface area contributed by atoms with Gasteiger partial charge in [-0.05, 0) is 12.1 Å². The van der Waals surface area contributed by atoms with Crippen molar-refractivity contribution in [3.8, 4) is 5.75 Å². The second-order valence-corrected chi connectivity index (χ2v) is 2.92. The van der Waals surface area contributed by atoms with Crippen molar-refractivity contribution in [2.45, 2.75) is 6.04 Å². The van der Waals surface area contributed by atoms with Gasteiger partial charge >= 0.3 is 0 Å². The Morgan fingerprint density at radius 3 is 2.71 bits per heavy atom. The molecule has 78 valence electrons. The van der Waals surface area contributed by atoms with Crippen molar-refractivity contribution in [2.24, 2.45) is 5.73 Å². The molecule has 0 aliphatic carbocycles. The van der Waals surface area contributed by atoms with Crippen molar-refractivity contribution >= 4 is 0 Å². The van der Waals surface area contributed by atoms with E-state index in [4.69, 9.17) is 15.2 Å². The summed E-state index contributed by atoms with van der Waals surface area (Å²) in [6, 6.07) is 4.11. The molecule has 0 radical (unpaired) electrons. The van der Waals surface area contributed by atoms with Gasteiger partial charge in [0.1, 0.15) is 11.6 Å². The minimum atomic E-state index is -0.504. The van der Waals surface area contributed by atoms with Gasteiger partial charge in [-0.25, -0.2) is 4.39 Å². The molecular formula is C10H14FNO2. The summed E-state index contributed by atoms with van der Waals surface area (Å²) < 4.78 is 23.3. The predicted molar refractivity (Wildman–Crippen MR) is 51.8 cm³/mol. The monoisotopic (exact) mass is 199 g/mol. The molecule has 0 fully saturated rings. The molecular weight excluding hydrogens is 185 g/mol. The minimum Gasteiger partial charge on any atom is -0.496 e. The number of hydrogen-bond acceptors (Lipinski definition) is 3. The molecule has 1 aromatic rings. The SMILES string of the molecule is COCC(N)c1c(F)cccc1OC. The summed E-state index contributed by atoms with van der Waals surface area (Å²) in [5.41, 5.74) is 6.10. The van der Waals surface area contributed by atoms with E-state index in [1.165, 1.54) is 20.3 Å². The van der Waals surface area contributed by atoms with Crippen LogP contribution in [0.1, 0.15) is 11.6 Å². The first-order valence-corrected chi connectivity index (χ1v) is 4.27. The summed E-state index contributed by atoms with van der Waals surface area (Å²) in [6.07, 6.45) is 0. The van der Waals surface area contributed by atoms with Crippen LogP contribution >= 0.6 is 0 Å². The molecule has 0 aliphatic heterocycles. The largest absolute Gasteiger partial charge is 0.496 e. The quantitative estimate of drug-likeness (QED) is 0.798. The van der Waals surface area contributed by atoms with E-state index in [-0.39, 0.29) is 12.4 Å². The van der Waals surface area contributed by atoms with E-state index in [2.05, 4.69) is 0 Å². The highest BCUT2D eigenvalue weighted by Crippen LogP contribution is 2.26. The topological polar surface area (TPSA) is 44.5 Å². The smallest absolute Gasteiger partial charge is 0.131 e. The lowest BCUT2D eigenvalue weighted by Gasteiger charge is -2.15. The first-order valence-electron chi connectivity index (χ1n) is 4.27. The van der Waals surface area contributed by atoms with Crippen LogP contribution in [0.3, 0.4) is 0 Å². The summed E-state index contributed by atoms with van der Waals surface area (Å²) in [4.78, 5) is 0. The zero-order valence-electron chi connectivity index (χ0n) is 8.29. The molecule has 1 aromatic carbocycles. The third-order valence-electron chi connectivity index (χ3n) is 1.95. The number of benzene rings is 1. The molecule has 4 heteroatoms. The van der Waals surface area contributed by atoms with Gasteiger partial charge < -0.3 is 15.2 Å². The molecule has 0 saturated heterocycles. The minimum absolute atomic E-state index is 0.261. The molecule has 14 heavy (non-hydrogen) atoms. The Bertz CT molecular complexity index is 304. The van der Waals surface area contributed by atoms with Crippen molar-refractivity contribution in [1.29, 1.82) is 0 Å². The van der Waals surface area contributed by atoms with E-state index in [1.54, 1.807) is 12.1 Å². The Kier molecular flexibility index (Phi) is 3.85. The molecule has 1 atom stereocenters. The number of nitrogens with two attached hydrogens (primary N) is 1. The maximum atomic E-state index is 13.4. The van der Waals surface area contributed by atoms with E-state index in [0.717, 1.165) is 0 Å². The highest BCUT2D eigenvalue weighted by molar-refractivity contribution is 5.37. The van der Waals surface area contributed by atoms with Crippen LogP contribution in [0.15, 0.2) is 18.2 Å². The van der Waals surface area contributed by atoms with Crippen LogP contribution < -0.4 is 10.5 Å². The Balaban J connectivity index is 3.03. The van der Waals surface area contributed by atoms with Gasteiger partial charge in [0.15, 0.2) is 0 Å². The van der Waals surface area contributed by atoms with Gasteiger partial charge in [0, 0.05) is 12.7 Å². The predicted octanol–water partition coefficient (Wildman–Crippen LogP) is 1.48. The molecule has 1 unspecified atom stereocenters. The third-order valence-corrected chi connectivity index (χ3v) is 1.95. The Labute approximate surface area is 82.6 Å². The highest BCUT2D eigenvalue weighted by atomic mass is 19.1. The molecule has 0 spiro atoms. The van der Waals surface area contributed by atoms with Crippen LogP contribution in [0.4, 0.5) is 4.39 Å². The van der Waals surface area contributed by atoms with E-state index in [0.29, 0.717) is 11.3 Å². The summed E-state index contributed by atoms with van der Waals surface area (Å²) >= 11 is 0. The van der Waals surface area contributed by atoms with E-state index < -0.39 is 6.04 Å². The first-order chi connectivity index (χ1) is 6.70. The highest BCUT2D eigenvalue weighted by Gasteiger charge is 2.16. The van der Waals surface area contributed by atoms with Gasteiger partial charge in [-0.1, -0.05) is 6.07 Å². The van der Waals surface area contributed by atoms with Crippen molar-refractivity contribution < 1.29 is 13.9 Å². The van der Waals surface area contributed by atoms with E-state index in [9.17, 15) is 4.39 Å². The Morgan fingerprint density at radius 1 is 1.43 bits per heavy atom. The average Bonchev–Trinajstić information content (AvgIpc) is 2.17. The zero-order chi connectivity index (χ0) is 10.6. The normalized spacial score (nSPS) is 12.6. The van der Waals surface area contributed by atoms with Crippen LogP contribution in [0.2, 0.25) is 0 Å². The zero-order valence-corrected chi connectivity index (χ0v) is 8.29. The van der Waals surface area contributed by atoms with Crippen LogP contribution in [-0.4, -0.2) is 20.8 Å². The number of hydrogen-bond donors (Lipinski definition) is 1. The van der Waals surface area contributed by atoms with E-state index >= 15 is 0 Å². The van der Waals surface area contributed by atoms with Gasteiger partial charge in [0.05, 0.1) is 19.8 Å². The second-order valence-electron chi connectivity index (χ2n) is 2.92. The molecule has 0 aliphatic rings. The van der Waals surface area contributed by atoms with Gasteiger partial charge in [-0.15, -0.1) is 0 Å². The molecule has 2 N–H and O–H groups in total. The number of halogens is 1. The lowest BCUT2D eigenvalue weighted by Crippen LogP contribution is -2.18. The van der Waals surface area contributed by atoms with Gasteiger partial charge in [0.2, 0.25) is 0 Å². The fourth-order valence-electron chi connectivity index (χ4n) is 1.32. The number of ether oxygens (including phenoxy) is 2. The second kappa shape index (κ2) is 4.93. The molecule has 1 rings (SSSR count). The Hall–Kier alpha value is -1.13. The summed E-state index contributed by atoms with van der Waals surface area (Å²) in [7, 11) is 3.00. The van der Waals surface area contributed by atoms with Gasteiger partial charge in [-0.3, -0.25) is 0 Å². The van der Waals surface area contributed by atoms with Crippen LogP contribution in [0.25, 0.3) is 0 Å². The van der Waals surface area contributed by atoms with Crippen molar-refractivity contribution in [2.75, 3.05) is 20.8 Å². The summed E-state index contributed by atoms with van der Waals surface area (Å²) in [5, 5.41) is 0. The molecule has 0 bridgehead atoms. The fourth-order valence-corrected chi connectivity index (χ4v) is 1.32. The third kappa shape index (κ3) is 2.21. The van der Waals surface area contributed by atoms with Gasteiger partial charge in [0.25, 0.3) is 0 Å². The fraction of sp³-hybridized carbons (Fsp3) is 0.400. The van der Waals surface area contributed by atoms with Crippen molar-refractivity contribution in [1.82, 2.24) is 0 Å². The summed E-state index contributed by atoms with van der Waals surface area (Å²) in [6.45, 7) is 0.261. The number of methoxy groups -OCH3 is 2. The number of rotatable bonds is 4. The van der Waals surface area contributed by atoms with Crippen molar-refractivity contribution in [3.63, 3.8) is 0 Å². The standard InChI is InChI=1S/C10H14FNO2/c1-13-6-8(12)10-7(11)4-3-5-9(10)14-2/h3-5,8H,6,12H2,1-2H3.